The number of hydrogen-bond acceptors (Lipinski definition) is 5. The smallest absolute Gasteiger partial charge is 0.152 e. The number of fused-ring (bicyclic) bond motifs is 1. The highest BCUT2D eigenvalue weighted by Gasteiger charge is 2.29. The third-order valence-electron chi connectivity index (χ3n) is 3.12. The van der Waals surface area contributed by atoms with Crippen molar-refractivity contribution in [3.05, 3.63) is 39.3 Å². The van der Waals surface area contributed by atoms with Gasteiger partial charge in [0, 0.05) is 18.0 Å². The summed E-state index contributed by atoms with van der Waals surface area (Å²) in [6, 6.07) is 5.58. The first kappa shape index (κ1) is 12.7. The van der Waals surface area contributed by atoms with E-state index in [2.05, 4.69) is 4.98 Å². The van der Waals surface area contributed by atoms with Crippen LogP contribution < -0.4 is 15.2 Å². The molecule has 0 aliphatic carbocycles. The van der Waals surface area contributed by atoms with Gasteiger partial charge in [-0.05, 0) is 18.2 Å². The average Bonchev–Trinajstić information content (AvgIpc) is 2.85. The first-order chi connectivity index (χ1) is 9.17. The van der Waals surface area contributed by atoms with Gasteiger partial charge in [-0.1, -0.05) is 11.6 Å². The summed E-state index contributed by atoms with van der Waals surface area (Å²) in [6.45, 7) is 0. The van der Waals surface area contributed by atoms with Gasteiger partial charge in [0.05, 0.1) is 13.3 Å². The molecular formula is C13H13ClN2O2S. The van der Waals surface area contributed by atoms with Crippen molar-refractivity contribution in [3.8, 4) is 11.5 Å². The molecule has 100 valence electrons. The number of methoxy groups -OCH3 is 1. The van der Waals surface area contributed by atoms with Crippen LogP contribution in [-0.2, 0) is 0 Å². The summed E-state index contributed by atoms with van der Waals surface area (Å²) in [6.07, 6.45) is 2.19. The highest BCUT2D eigenvalue weighted by Crippen LogP contribution is 2.42. The Balaban J connectivity index is 1.92. The van der Waals surface area contributed by atoms with Crippen molar-refractivity contribution < 1.29 is 9.47 Å². The predicted octanol–water partition coefficient (Wildman–Crippen LogP) is 3.33. The Morgan fingerprint density at radius 1 is 1.53 bits per heavy atom. The van der Waals surface area contributed by atoms with Crippen molar-refractivity contribution in [2.24, 2.45) is 5.73 Å². The molecule has 1 aromatic heterocycles. The molecule has 0 fully saturated rings. The van der Waals surface area contributed by atoms with Gasteiger partial charge in [-0.15, -0.1) is 11.3 Å². The van der Waals surface area contributed by atoms with Crippen LogP contribution in [0, 0.1) is 0 Å². The van der Waals surface area contributed by atoms with Crippen LogP contribution in [0.1, 0.15) is 29.1 Å². The molecular weight excluding hydrogens is 284 g/mol. The maximum atomic E-state index is 6.21. The van der Waals surface area contributed by atoms with E-state index >= 15 is 0 Å². The maximum absolute atomic E-state index is 6.21. The number of nitrogens with zero attached hydrogens (tertiary/aromatic N) is 1. The van der Waals surface area contributed by atoms with Gasteiger partial charge in [-0.2, -0.15) is 0 Å². The quantitative estimate of drug-likeness (QED) is 0.923. The first-order valence-corrected chi connectivity index (χ1v) is 7.08. The van der Waals surface area contributed by atoms with Crippen LogP contribution in [0.15, 0.2) is 24.4 Å². The second-order valence-corrected chi connectivity index (χ2v) is 6.05. The maximum Gasteiger partial charge on any atom is 0.152 e. The molecule has 2 heterocycles. The zero-order valence-corrected chi connectivity index (χ0v) is 11.9. The van der Waals surface area contributed by atoms with Gasteiger partial charge in [0.15, 0.2) is 6.10 Å². The van der Waals surface area contributed by atoms with Gasteiger partial charge in [-0.25, -0.2) is 4.98 Å². The molecule has 4 nitrogen and oxygen atoms in total. The fraction of sp³-hybridized carbons (Fsp3) is 0.308. The summed E-state index contributed by atoms with van der Waals surface area (Å²) in [5, 5.41) is 0.863. The summed E-state index contributed by atoms with van der Waals surface area (Å²) in [7, 11) is 1.64. The van der Waals surface area contributed by atoms with Gasteiger partial charge >= 0.3 is 0 Å². The summed E-state index contributed by atoms with van der Waals surface area (Å²) < 4.78 is 11.8. The zero-order valence-electron chi connectivity index (χ0n) is 10.3. The Bertz CT molecular complexity index is 602. The fourth-order valence-electron chi connectivity index (χ4n) is 2.18. The van der Waals surface area contributed by atoms with E-state index in [1.165, 1.54) is 11.3 Å². The number of rotatable bonds is 2. The second-order valence-electron chi connectivity index (χ2n) is 4.36. The zero-order chi connectivity index (χ0) is 13.4. The molecule has 1 aliphatic heterocycles. The van der Waals surface area contributed by atoms with E-state index in [1.807, 2.05) is 18.2 Å². The van der Waals surface area contributed by atoms with Gasteiger partial charge in [0.1, 0.15) is 20.8 Å². The number of halogens is 1. The van der Waals surface area contributed by atoms with Gasteiger partial charge < -0.3 is 15.2 Å². The van der Waals surface area contributed by atoms with Crippen molar-refractivity contribution >= 4 is 22.9 Å². The minimum Gasteiger partial charge on any atom is -0.497 e. The van der Waals surface area contributed by atoms with Crippen molar-refractivity contribution in [1.82, 2.24) is 4.98 Å². The Morgan fingerprint density at radius 2 is 2.37 bits per heavy atom. The van der Waals surface area contributed by atoms with Crippen LogP contribution in [0.4, 0.5) is 0 Å². The SMILES string of the molecule is COc1ccc2c(c1)[C@@H](N)CC(c1ncc(Cl)s1)O2. The molecule has 2 aromatic rings. The summed E-state index contributed by atoms with van der Waals surface area (Å²) in [5.74, 6) is 1.57. The van der Waals surface area contributed by atoms with Gasteiger partial charge in [0.25, 0.3) is 0 Å². The molecule has 0 saturated heterocycles. The minimum atomic E-state index is -0.131. The monoisotopic (exact) mass is 296 g/mol. The normalized spacial score (nSPS) is 21.6. The molecule has 1 aromatic carbocycles. The number of hydrogen-bond donors (Lipinski definition) is 1. The molecule has 1 aliphatic rings. The van der Waals surface area contributed by atoms with E-state index in [9.17, 15) is 0 Å². The molecule has 0 saturated carbocycles. The Morgan fingerprint density at radius 3 is 3.05 bits per heavy atom. The van der Waals surface area contributed by atoms with Crippen LogP contribution in [0.2, 0.25) is 4.34 Å². The van der Waals surface area contributed by atoms with Crippen LogP contribution >= 0.6 is 22.9 Å². The van der Waals surface area contributed by atoms with E-state index in [-0.39, 0.29) is 12.1 Å². The average molecular weight is 297 g/mol. The lowest BCUT2D eigenvalue weighted by molar-refractivity contribution is 0.161. The third-order valence-corrected chi connectivity index (χ3v) is 4.33. The lowest BCUT2D eigenvalue weighted by atomic mass is 9.97. The third kappa shape index (κ3) is 2.41. The number of aromatic nitrogens is 1. The van der Waals surface area contributed by atoms with Crippen LogP contribution in [-0.4, -0.2) is 12.1 Å². The molecule has 6 heteroatoms. The fourth-order valence-corrected chi connectivity index (χ4v) is 3.15. The lowest BCUT2D eigenvalue weighted by Gasteiger charge is -2.29. The molecule has 1 unspecified atom stereocenters. The number of ether oxygens (including phenoxy) is 2. The lowest BCUT2D eigenvalue weighted by Crippen LogP contribution is -2.24. The molecule has 0 spiro atoms. The Kier molecular flexibility index (Phi) is 3.35. The molecule has 0 radical (unpaired) electrons. The van der Waals surface area contributed by atoms with Gasteiger partial charge in [-0.3, -0.25) is 0 Å². The van der Waals surface area contributed by atoms with E-state index in [0.717, 1.165) is 22.1 Å². The molecule has 3 rings (SSSR count). The Hall–Kier alpha value is -1.30. The second kappa shape index (κ2) is 5.00. The topological polar surface area (TPSA) is 57.4 Å². The number of benzene rings is 1. The summed E-state index contributed by atoms with van der Waals surface area (Å²) in [5.41, 5.74) is 7.18. The van der Waals surface area contributed by atoms with Gasteiger partial charge in [0.2, 0.25) is 0 Å². The standard InChI is InChI=1S/C13H13ClN2O2S/c1-17-7-2-3-10-8(4-7)9(15)5-11(18-10)13-16-6-12(14)19-13/h2-4,6,9,11H,5,15H2,1H3/t9-,11?/m0/s1. The molecule has 0 amide bonds. The van der Waals surface area contributed by atoms with Crippen LogP contribution in [0.3, 0.4) is 0 Å². The molecule has 2 N–H and O–H groups in total. The van der Waals surface area contributed by atoms with E-state index in [4.69, 9.17) is 26.8 Å². The molecule has 0 bridgehead atoms. The van der Waals surface area contributed by atoms with Crippen molar-refractivity contribution in [3.63, 3.8) is 0 Å². The number of nitrogens with two attached hydrogens (primary N) is 1. The predicted molar refractivity (Wildman–Crippen MR) is 75.0 cm³/mol. The van der Waals surface area contributed by atoms with E-state index in [1.54, 1.807) is 13.3 Å². The molecule has 2 atom stereocenters. The van der Waals surface area contributed by atoms with E-state index < -0.39 is 0 Å². The van der Waals surface area contributed by atoms with Crippen LogP contribution in [0.5, 0.6) is 11.5 Å². The highest BCUT2D eigenvalue weighted by atomic mass is 35.5. The highest BCUT2D eigenvalue weighted by molar-refractivity contribution is 7.15. The van der Waals surface area contributed by atoms with Crippen molar-refractivity contribution in [1.29, 1.82) is 0 Å². The van der Waals surface area contributed by atoms with Crippen molar-refractivity contribution in [2.75, 3.05) is 7.11 Å². The summed E-state index contributed by atoms with van der Waals surface area (Å²) in [4.78, 5) is 4.26. The Labute approximate surface area is 120 Å². The molecule has 19 heavy (non-hydrogen) atoms. The summed E-state index contributed by atoms with van der Waals surface area (Å²) >= 11 is 7.34. The van der Waals surface area contributed by atoms with E-state index in [0.29, 0.717) is 10.8 Å². The minimum absolute atomic E-state index is 0.0912. The number of thiazole rings is 1. The largest absolute Gasteiger partial charge is 0.497 e. The van der Waals surface area contributed by atoms with Crippen LogP contribution in [0.25, 0.3) is 0 Å². The van der Waals surface area contributed by atoms with Crippen molar-refractivity contribution in [2.45, 2.75) is 18.6 Å². The first-order valence-electron chi connectivity index (χ1n) is 5.89.